The van der Waals surface area contributed by atoms with Gasteiger partial charge in [0.25, 0.3) is 6.29 Å². The first kappa shape index (κ1) is 15.8. The van der Waals surface area contributed by atoms with Crippen molar-refractivity contribution in [1.29, 1.82) is 0 Å². The molecule has 2 rings (SSSR count). The highest BCUT2D eigenvalue weighted by atomic mass is 16.6. The Kier molecular flexibility index (Phi) is 5.31. The van der Waals surface area contributed by atoms with Crippen LogP contribution in [0.3, 0.4) is 0 Å². The Balaban J connectivity index is 2.25. The molecular formula is C18H18NO3. The van der Waals surface area contributed by atoms with E-state index in [9.17, 15) is 4.79 Å². The van der Waals surface area contributed by atoms with Crippen LogP contribution in [-0.4, -0.2) is 19.1 Å². The molecule has 0 aliphatic carbocycles. The minimum atomic E-state index is 0.127. The molecule has 2 aromatic carbocycles. The van der Waals surface area contributed by atoms with Gasteiger partial charge in [-0.1, -0.05) is 41.6 Å². The fourth-order valence-electron chi connectivity index (χ4n) is 2.11. The van der Waals surface area contributed by atoms with Gasteiger partial charge in [0.1, 0.15) is 19.5 Å². The Morgan fingerprint density at radius 2 is 1.95 bits per heavy atom. The molecule has 0 aliphatic heterocycles. The van der Waals surface area contributed by atoms with Gasteiger partial charge in [-0.2, -0.15) is 0 Å². The molecule has 0 saturated heterocycles. The SMILES string of the molecule is CO/N=C(/[C]=O)c1ccccc1COc1cc(C)ccc1C. The molecule has 0 N–H and O–H groups in total. The number of ether oxygens (including phenoxy) is 1. The second-order valence-corrected chi connectivity index (χ2v) is 4.94. The van der Waals surface area contributed by atoms with Gasteiger partial charge in [0.05, 0.1) is 0 Å². The van der Waals surface area contributed by atoms with E-state index in [-0.39, 0.29) is 5.71 Å². The average molecular weight is 296 g/mol. The van der Waals surface area contributed by atoms with Crippen LogP contribution in [0, 0.1) is 13.8 Å². The summed E-state index contributed by atoms with van der Waals surface area (Å²) in [5, 5.41) is 3.70. The van der Waals surface area contributed by atoms with Gasteiger partial charge >= 0.3 is 0 Å². The zero-order valence-electron chi connectivity index (χ0n) is 12.9. The third-order valence-electron chi connectivity index (χ3n) is 3.28. The molecular weight excluding hydrogens is 278 g/mol. The van der Waals surface area contributed by atoms with Crippen molar-refractivity contribution in [3.05, 3.63) is 64.7 Å². The molecule has 4 heteroatoms. The number of nitrogens with zero attached hydrogens (tertiary/aromatic N) is 1. The largest absolute Gasteiger partial charge is 0.489 e. The standard InChI is InChI=1S/C18H18NO3/c1-13-8-9-14(2)18(10-13)22-12-15-6-4-5-7-16(15)17(11-20)19-21-3/h4-10H,12H2,1-3H3/b19-17-. The highest BCUT2D eigenvalue weighted by molar-refractivity contribution is 6.36. The Labute approximate surface area is 130 Å². The Morgan fingerprint density at radius 3 is 2.68 bits per heavy atom. The fourth-order valence-corrected chi connectivity index (χ4v) is 2.11. The maximum atomic E-state index is 11.0. The topological polar surface area (TPSA) is 47.9 Å². The molecule has 0 aliphatic rings. The second kappa shape index (κ2) is 7.41. The third-order valence-corrected chi connectivity index (χ3v) is 3.28. The Morgan fingerprint density at radius 1 is 1.18 bits per heavy atom. The van der Waals surface area contributed by atoms with Gasteiger partial charge in [-0.05, 0) is 36.6 Å². The van der Waals surface area contributed by atoms with Crippen molar-refractivity contribution in [2.24, 2.45) is 5.16 Å². The van der Waals surface area contributed by atoms with E-state index in [1.165, 1.54) is 7.11 Å². The zero-order valence-corrected chi connectivity index (χ0v) is 12.9. The van der Waals surface area contributed by atoms with Crippen molar-refractivity contribution in [2.45, 2.75) is 20.5 Å². The third kappa shape index (κ3) is 3.73. The molecule has 0 aromatic heterocycles. The number of aryl methyl sites for hydroxylation is 2. The van der Waals surface area contributed by atoms with Crippen molar-refractivity contribution >= 4 is 12.0 Å². The molecule has 2 aromatic rings. The lowest BCUT2D eigenvalue weighted by Crippen LogP contribution is -2.09. The first-order chi connectivity index (χ1) is 10.7. The summed E-state index contributed by atoms with van der Waals surface area (Å²) in [4.78, 5) is 15.7. The normalized spacial score (nSPS) is 11.1. The molecule has 0 fully saturated rings. The predicted molar refractivity (Wildman–Crippen MR) is 85.9 cm³/mol. The first-order valence-electron chi connectivity index (χ1n) is 6.93. The summed E-state index contributed by atoms with van der Waals surface area (Å²) in [6, 6.07) is 13.5. The monoisotopic (exact) mass is 296 g/mol. The van der Waals surface area contributed by atoms with E-state index >= 15 is 0 Å². The number of benzene rings is 2. The van der Waals surface area contributed by atoms with Crippen molar-refractivity contribution in [3.63, 3.8) is 0 Å². The second-order valence-electron chi connectivity index (χ2n) is 4.94. The van der Waals surface area contributed by atoms with Gasteiger partial charge in [-0.3, -0.25) is 4.79 Å². The van der Waals surface area contributed by atoms with Gasteiger partial charge in [-0.25, -0.2) is 0 Å². The number of oxime groups is 1. The minimum Gasteiger partial charge on any atom is -0.489 e. The van der Waals surface area contributed by atoms with Gasteiger partial charge in [0.15, 0.2) is 5.71 Å². The summed E-state index contributed by atoms with van der Waals surface area (Å²) in [5.41, 5.74) is 3.84. The van der Waals surface area contributed by atoms with E-state index in [1.807, 2.05) is 50.2 Å². The lowest BCUT2D eigenvalue weighted by molar-refractivity contribution is 0.214. The van der Waals surface area contributed by atoms with Crippen LogP contribution in [0.1, 0.15) is 22.3 Å². The molecule has 0 heterocycles. The molecule has 4 nitrogen and oxygen atoms in total. The Bertz CT molecular complexity index is 692. The van der Waals surface area contributed by atoms with Crippen LogP contribution >= 0.6 is 0 Å². The first-order valence-corrected chi connectivity index (χ1v) is 6.93. The van der Waals surface area contributed by atoms with E-state index in [0.717, 1.165) is 22.4 Å². The molecule has 0 amide bonds. The van der Waals surface area contributed by atoms with E-state index in [0.29, 0.717) is 12.2 Å². The molecule has 22 heavy (non-hydrogen) atoms. The number of hydrogen-bond donors (Lipinski definition) is 0. The van der Waals surface area contributed by atoms with Crippen LogP contribution in [0.25, 0.3) is 0 Å². The smallest absolute Gasteiger partial charge is 0.257 e. The van der Waals surface area contributed by atoms with E-state index in [1.54, 1.807) is 12.4 Å². The van der Waals surface area contributed by atoms with Crippen LogP contribution in [-0.2, 0) is 16.2 Å². The summed E-state index contributed by atoms with van der Waals surface area (Å²) in [6.07, 6.45) is 1.80. The van der Waals surface area contributed by atoms with Gasteiger partial charge in [-0.15, -0.1) is 0 Å². The van der Waals surface area contributed by atoms with Crippen molar-refractivity contribution in [2.75, 3.05) is 7.11 Å². The molecule has 0 bridgehead atoms. The quantitative estimate of drug-likeness (QED) is 0.606. The van der Waals surface area contributed by atoms with E-state index in [2.05, 4.69) is 9.99 Å². The van der Waals surface area contributed by atoms with Crippen LogP contribution in [0.5, 0.6) is 5.75 Å². The summed E-state index contributed by atoms with van der Waals surface area (Å²) >= 11 is 0. The van der Waals surface area contributed by atoms with Crippen molar-refractivity contribution in [3.8, 4) is 5.75 Å². The molecule has 113 valence electrons. The lowest BCUT2D eigenvalue weighted by Gasteiger charge is -2.12. The molecule has 0 unspecified atom stereocenters. The number of rotatable bonds is 6. The Hall–Kier alpha value is -2.62. The highest BCUT2D eigenvalue weighted by Gasteiger charge is 2.11. The van der Waals surface area contributed by atoms with Gasteiger partial charge in [0, 0.05) is 5.56 Å². The summed E-state index contributed by atoms with van der Waals surface area (Å²) in [5.74, 6) is 0.829. The zero-order chi connectivity index (χ0) is 15.9. The molecule has 1 radical (unpaired) electrons. The molecule has 0 saturated carbocycles. The van der Waals surface area contributed by atoms with E-state index < -0.39 is 0 Å². The van der Waals surface area contributed by atoms with Gasteiger partial charge in [0.2, 0.25) is 0 Å². The van der Waals surface area contributed by atoms with Crippen LogP contribution in [0.2, 0.25) is 0 Å². The fraction of sp³-hybridized carbons (Fsp3) is 0.222. The lowest BCUT2D eigenvalue weighted by atomic mass is 10.0. The summed E-state index contributed by atoms with van der Waals surface area (Å²) in [7, 11) is 1.40. The van der Waals surface area contributed by atoms with Crippen LogP contribution in [0.4, 0.5) is 0 Å². The predicted octanol–water partition coefficient (Wildman–Crippen LogP) is 3.34. The van der Waals surface area contributed by atoms with Crippen molar-refractivity contribution in [1.82, 2.24) is 0 Å². The van der Waals surface area contributed by atoms with Gasteiger partial charge < -0.3 is 9.57 Å². The average Bonchev–Trinajstić information content (AvgIpc) is 2.54. The summed E-state index contributed by atoms with van der Waals surface area (Å²) < 4.78 is 5.89. The number of carbonyl (C=O) groups excluding carboxylic acids is 1. The maximum absolute atomic E-state index is 11.0. The van der Waals surface area contributed by atoms with Crippen molar-refractivity contribution < 1.29 is 14.4 Å². The maximum Gasteiger partial charge on any atom is 0.257 e. The van der Waals surface area contributed by atoms with Crippen LogP contribution < -0.4 is 4.74 Å². The molecule has 0 spiro atoms. The van der Waals surface area contributed by atoms with E-state index in [4.69, 9.17) is 4.74 Å². The van der Waals surface area contributed by atoms with Crippen LogP contribution in [0.15, 0.2) is 47.6 Å². The molecule has 0 atom stereocenters. The highest BCUT2D eigenvalue weighted by Crippen LogP contribution is 2.21. The summed E-state index contributed by atoms with van der Waals surface area (Å²) in [6.45, 7) is 4.35. The minimum absolute atomic E-state index is 0.127. The number of hydrogen-bond acceptors (Lipinski definition) is 4.